The third kappa shape index (κ3) is 2.35. The molecular weight excluding hydrogens is 221 g/mol. The van der Waals surface area contributed by atoms with Gasteiger partial charge >= 0.3 is 6.18 Å². The van der Waals surface area contributed by atoms with E-state index >= 15 is 0 Å². The molecule has 2 unspecified atom stereocenters. The molecular formula is C11H13F3O2. The summed E-state index contributed by atoms with van der Waals surface area (Å²) in [7, 11) is 0. The zero-order valence-electron chi connectivity index (χ0n) is 8.79. The highest BCUT2D eigenvalue weighted by Gasteiger charge is 2.54. The van der Waals surface area contributed by atoms with Gasteiger partial charge in [0, 0.05) is 6.42 Å². The second-order valence-corrected chi connectivity index (χ2v) is 3.76. The van der Waals surface area contributed by atoms with Crippen LogP contribution < -0.4 is 0 Å². The molecule has 1 aliphatic carbocycles. The average molecular weight is 234 g/mol. The summed E-state index contributed by atoms with van der Waals surface area (Å²) in [6, 6.07) is 0. The van der Waals surface area contributed by atoms with Gasteiger partial charge in [-0.25, -0.2) is 0 Å². The topological polar surface area (TPSA) is 37.3 Å². The number of halogens is 3. The highest BCUT2D eigenvalue weighted by molar-refractivity contribution is 5.90. The Morgan fingerprint density at radius 1 is 1.44 bits per heavy atom. The molecule has 1 aliphatic rings. The first-order valence-electron chi connectivity index (χ1n) is 5.00. The van der Waals surface area contributed by atoms with E-state index < -0.39 is 23.5 Å². The van der Waals surface area contributed by atoms with Crippen molar-refractivity contribution in [2.24, 2.45) is 5.92 Å². The molecule has 0 bridgehead atoms. The Morgan fingerprint density at radius 2 is 2.06 bits per heavy atom. The normalized spacial score (nSPS) is 29.4. The summed E-state index contributed by atoms with van der Waals surface area (Å²) >= 11 is 0. The van der Waals surface area contributed by atoms with Crippen molar-refractivity contribution >= 4 is 5.78 Å². The fourth-order valence-corrected chi connectivity index (χ4v) is 1.68. The lowest BCUT2D eigenvalue weighted by Crippen LogP contribution is -2.50. The Hall–Kier alpha value is -1.10. The molecule has 0 aliphatic heterocycles. The maximum absolute atomic E-state index is 12.6. The van der Waals surface area contributed by atoms with Gasteiger partial charge in [0.1, 0.15) is 5.92 Å². The molecule has 0 heterocycles. The van der Waals surface area contributed by atoms with Crippen LogP contribution in [0.3, 0.4) is 0 Å². The minimum atomic E-state index is -4.63. The fraction of sp³-hybridized carbons (Fsp3) is 0.545. The van der Waals surface area contributed by atoms with Crippen LogP contribution in [0.4, 0.5) is 13.2 Å². The van der Waals surface area contributed by atoms with Crippen LogP contribution in [-0.2, 0) is 4.79 Å². The molecule has 0 saturated heterocycles. The number of ketones is 1. The Morgan fingerprint density at radius 3 is 2.56 bits per heavy atom. The summed E-state index contributed by atoms with van der Waals surface area (Å²) in [5.74, 6) is -2.94. The van der Waals surface area contributed by atoms with Crippen molar-refractivity contribution in [3.63, 3.8) is 0 Å². The molecule has 0 spiro atoms. The molecule has 1 N–H and O–H groups in total. The van der Waals surface area contributed by atoms with Gasteiger partial charge < -0.3 is 5.11 Å². The predicted octanol–water partition coefficient (Wildman–Crippen LogP) is 2.39. The van der Waals surface area contributed by atoms with E-state index in [0.717, 1.165) is 12.2 Å². The van der Waals surface area contributed by atoms with Crippen molar-refractivity contribution in [3.05, 3.63) is 24.3 Å². The zero-order chi connectivity index (χ0) is 12.4. The lowest BCUT2D eigenvalue weighted by Gasteiger charge is -2.33. The molecule has 90 valence electrons. The van der Waals surface area contributed by atoms with Gasteiger partial charge in [-0.2, -0.15) is 13.2 Å². The smallest absolute Gasteiger partial charge is 0.377 e. The number of aliphatic hydroxyl groups is 1. The number of carbonyl (C=O) groups is 1. The average Bonchev–Trinajstić information content (AvgIpc) is 2.17. The molecule has 0 aromatic carbocycles. The van der Waals surface area contributed by atoms with Gasteiger partial charge in [0.05, 0.1) is 0 Å². The molecule has 0 amide bonds. The summed E-state index contributed by atoms with van der Waals surface area (Å²) in [5, 5.41) is 9.86. The zero-order valence-corrected chi connectivity index (χ0v) is 8.79. The van der Waals surface area contributed by atoms with Crippen LogP contribution in [0.5, 0.6) is 0 Å². The first-order valence-corrected chi connectivity index (χ1v) is 5.00. The van der Waals surface area contributed by atoms with Crippen LogP contribution in [0.1, 0.15) is 19.8 Å². The number of hydrogen-bond acceptors (Lipinski definition) is 2. The van der Waals surface area contributed by atoms with Gasteiger partial charge in [0.25, 0.3) is 0 Å². The van der Waals surface area contributed by atoms with E-state index in [0.29, 0.717) is 6.42 Å². The Labute approximate surface area is 91.5 Å². The van der Waals surface area contributed by atoms with Gasteiger partial charge in [0.15, 0.2) is 11.4 Å². The molecule has 2 atom stereocenters. The molecule has 0 aromatic rings. The van der Waals surface area contributed by atoms with E-state index in [1.165, 1.54) is 12.2 Å². The number of allylic oxidation sites excluding steroid dienone is 2. The SMILES string of the molecule is CCCC(=O)C1(O)C=CC=CC1C(F)(F)F. The minimum Gasteiger partial charge on any atom is -0.377 e. The second-order valence-electron chi connectivity index (χ2n) is 3.76. The maximum Gasteiger partial charge on any atom is 0.398 e. The van der Waals surface area contributed by atoms with Crippen molar-refractivity contribution in [2.45, 2.75) is 31.5 Å². The molecule has 1 rings (SSSR count). The Balaban J connectivity index is 3.03. The van der Waals surface area contributed by atoms with Crippen LogP contribution in [0.15, 0.2) is 24.3 Å². The van der Waals surface area contributed by atoms with Crippen molar-refractivity contribution in [1.29, 1.82) is 0 Å². The van der Waals surface area contributed by atoms with Gasteiger partial charge in [-0.15, -0.1) is 0 Å². The summed E-state index contributed by atoms with van der Waals surface area (Å²) < 4.78 is 37.9. The van der Waals surface area contributed by atoms with Crippen LogP contribution in [-0.4, -0.2) is 22.7 Å². The van der Waals surface area contributed by atoms with Gasteiger partial charge in [-0.1, -0.05) is 25.2 Å². The third-order valence-electron chi connectivity index (χ3n) is 2.52. The van der Waals surface area contributed by atoms with Crippen molar-refractivity contribution < 1.29 is 23.1 Å². The Kier molecular flexibility index (Phi) is 3.57. The van der Waals surface area contributed by atoms with Crippen molar-refractivity contribution in [1.82, 2.24) is 0 Å². The third-order valence-corrected chi connectivity index (χ3v) is 2.52. The molecule has 5 heteroatoms. The fourth-order valence-electron chi connectivity index (χ4n) is 1.68. The molecule has 0 fully saturated rings. The van der Waals surface area contributed by atoms with Crippen LogP contribution in [0, 0.1) is 5.92 Å². The van der Waals surface area contributed by atoms with Crippen molar-refractivity contribution in [3.8, 4) is 0 Å². The number of carbonyl (C=O) groups excluding carboxylic acids is 1. The molecule has 0 saturated carbocycles. The summed E-state index contributed by atoms with van der Waals surface area (Å²) in [6.45, 7) is 1.67. The minimum absolute atomic E-state index is 0.0682. The van der Waals surface area contributed by atoms with Crippen molar-refractivity contribution in [2.75, 3.05) is 0 Å². The number of Topliss-reactive ketones (excluding diaryl/α,β-unsaturated/α-hetero) is 1. The van der Waals surface area contributed by atoms with E-state index in [1.54, 1.807) is 6.92 Å². The highest BCUT2D eigenvalue weighted by Crippen LogP contribution is 2.39. The van der Waals surface area contributed by atoms with Gasteiger partial charge in [-0.05, 0) is 12.5 Å². The van der Waals surface area contributed by atoms with E-state index in [9.17, 15) is 23.1 Å². The van der Waals surface area contributed by atoms with E-state index in [1.807, 2.05) is 0 Å². The summed E-state index contributed by atoms with van der Waals surface area (Å²) in [4.78, 5) is 11.5. The van der Waals surface area contributed by atoms with Crippen LogP contribution >= 0.6 is 0 Å². The second kappa shape index (κ2) is 4.41. The monoisotopic (exact) mass is 234 g/mol. The lowest BCUT2D eigenvalue weighted by atomic mass is 9.79. The summed E-state index contributed by atoms with van der Waals surface area (Å²) in [6.07, 6.45) is -0.109. The van der Waals surface area contributed by atoms with Gasteiger partial charge in [0.2, 0.25) is 0 Å². The number of rotatable bonds is 3. The molecule has 0 aromatic heterocycles. The lowest BCUT2D eigenvalue weighted by molar-refractivity contribution is -0.202. The highest BCUT2D eigenvalue weighted by atomic mass is 19.4. The standard InChI is InChI=1S/C11H13F3O2/c1-2-5-9(15)10(16)7-4-3-6-8(10)11(12,13)14/h3-4,6-8,16H,2,5H2,1H3. The van der Waals surface area contributed by atoms with Gasteiger partial charge in [-0.3, -0.25) is 4.79 Å². The summed E-state index contributed by atoms with van der Waals surface area (Å²) in [5.41, 5.74) is -2.44. The first-order chi connectivity index (χ1) is 7.32. The predicted molar refractivity (Wildman–Crippen MR) is 52.7 cm³/mol. The van der Waals surface area contributed by atoms with E-state index in [-0.39, 0.29) is 6.42 Å². The number of hydrogen-bond donors (Lipinski definition) is 1. The molecule has 0 radical (unpaired) electrons. The van der Waals surface area contributed by atoms with Crippen LogP contribution in [0.2, 0.25) is 0 Å². The molecule has 16 heavy (non-hydrogen) atoms. The van der Waals surface area contributed by atoms with E-state index in [2.05, 4.69) is 0 Å². The quantitative estimate of drug-likeness (QED) is 0.814. The first kappa shape index (κ1) is 13.0. The number of alkyl halides is 3. The Bertz CT molecular complexity index is 331. The van der Waals surface area contributed by atoms with Crippen LogP contribution in [0.25, 0.3) is 0 Å². The largest absolute Gasteiger partial charge is 0.398 e. The molecule has 2 nitrogen and oxygen atoms in total. The maximum atomic E-state index is 12.6. The van der Waals surface area contributed by atoms with E-state index in [4.69, 9.17) is 0 Å².